The molecule has 1 aromatic heterocycles. The number of rotatable bonds is 3. The minimum atomic E-state index is -10.7. The van der Waals surface area contributed by atoms with E-state index in [1.807, 2.05) is 42.5 Å². The third-order valence-corrected chi connectivity index (χ3v) is 4.15. The van der Waals surface area contributed by atoms with Gasteiger partial charge in [-0.2, -0.15) is 4.57 Å². The van der Waals surface area contributed by atoms with Crippen molar-refractivity contribution in [3.05, 3.63) is 60.3 Å². The Morgan fingerprint density at radius 1 is 0.933 bits per heavy atom. The van der Waals surface area contributed by atoms with Crippen LogP contribution in [0.3, 0.4) is 0 Å². The molecular weight excluding hydrogens is 433 g/mol. The molecule has 0 N–H and O–H groups in total. The number of fused-ring (bicyclic) bond motifs is 2. The summed E-state index contributed by atoms with van der Waals surface area (Å²) in [5.74, 6) is 2.49. The summed E-state index contributed by atoms with van der Waals surface area (Å²) in [6, 6.07) is 16.2. The molecule has 0 amide bonds. The van der Waals surface area contributed by atoms with E-state index >= 15 is 0 Å². The van der Waals surface area contributed by atoms with Gasteiger partial charge in [-0.1, -0.05) is 24.3 Å². The maximum atomic E-state index is 9.87. The molecule has 2 heterocycles. The van der Waals surface area contributed by atoms with Crippen LogP contribution in [0.2, 0.25) is 0 Å². The fourth-order valence-corrected chi connectivity index (χ4v) is 3.08. The predicted octanol–water partition coefficient (Wildman–Crippen LogP) is 7.34. The van der Waals surface area contributed by atoms with Crippen molar-refractivity contribution in [1.29, 1.82) is 0 Å². The Morgan fingerprint density at radius 3 is 2.17 bits per heavy atom. The summed E-state index contributed by atoms with van der Waals surface area (Å²) in [4.78, 5) is 2.16. The van der Waals surface area contributed by atoms with Gasteiger partial charge in [0.25, 0.3) is 5.52 Å². The second kappa shape index (κ2) is 6.91. The first kappa shape index (κ1) is 22.0. The number of aryl methyl sites for hydroxylation is 1. The number of anilines is 1. The molecule has 0 spiro atoms. The summed E-state index contributed by atoms with van der Waals surface area (Å²) >= 11 is 0. The van der Waals surface area contributed by atoms with Crippen molar-refractivity contribution in [3.8, 4) is 5.75 Å². The van der Waals surface area contributed by atoms with Gasteiger partial charge in [-0.3, -0.25) is 0 Å². The molecule has 0 fully saturated rings. The molecule has 0 atom stereocenters. The fourth-order valence-electron chi connectivity index (χ4n) is 3.08. The summed E-state index contributed by atoms with van der Waals surface area (Å²) in [6.45, 7) is 5.92. The topological polar surface area (TPSA) is 29.5 Å². The molecular formula is C19H19F6N2O2P. The van der Waals surface area contributed by atoms with Crippen LogP contribution in [0.15, 0.2) is 58.8 Å². The van der Waals surface area contributed by atoms with Gasteiger partial charge in [-0.05, 0) is 32.0 Å². The Morgan fingerprint density at radius 2 is 1.53 bits per heavy atom. The van der Waals surface area contributed by atoms with Crippen LogP contribution in [-0.2, 0) is 6.54 Å². The fraction of sp³-hybridized carbons (Fsp3) is 0.211. The molecule has 2 aromatic carbocycles. The number of nitrogens with zero attached hydrogens (tertiary/aromatic N) is 2. The quantitative estimate of drug-likeness (QED) is 0.237. The van der Waals surface area contributed by atoms with Crippen LogP contribution in [-0.4, -0.2) is 6.54 Å². The van der Waals surface area contributed by atoms with Crippen molar-refractivity contribution >= 4 is 30.7 Å². The van der Waals surface area contributed by atoms with Crippen molar-refractivity contribution in [3.63, 3.8) is 0 Å². The van der Waals surface area contributed by atoms with Gasteiger partial charge in [0.2, 0.25) is 11.5 Å². The van der Waals surface area contributed by atoms with E-state index < -0.39 is 7.81 Å². The zero-order chi connectivity index (χ0) is 22.2. The van der Waals surface area contributed by atoms with Crippen LogP contribution in [0.4, 0.5) is 30.9 Å². The van der Waals surface area contributed by atoms with E-state index in [0.29, 0.717) is 0 Å². The Labute approximate surface area is 168 Å². The summed E-state index contributed by atoms with van der Waals surface area (Å²) in [5.41, 5.74) is 3.08. The third kappa shape index (κ3) is 5.66. The molecule has 11 heteroatoms. The van der Waals surface area contributed by atoms with Crippen molar-refractivity contribution < 1.29 is 38.9 Å². The standard InChI is InChI=1S/C19H19N2O2.F6P/c1-3-20-14-9-5-7-11-16(14)22-18(20)13-19-21(4-2)15-10-6-8-12-17(15)23-19;1-7(2,3,4,5)6/h5-13H,3-4H2,1-2H3;/q+1;-1. The summed E-state index contributed by atoms with van der Waals surface area (Å²) in [6.07, 6.45) is 1.98. The normalized spacial score (nSPS) is 17.1. The molecule has 1 aliphatic rings. The monoisotopic (exact) mass is 452 g/mol. The van der Waals surface area contributed by atoms with E-state index in [2.05, 4.69) is 35.4 Å². The number of hydrogen-bond donors (Lipinski definition) is 0. The van der Waals surface area contributed by atoms with Crippen LogP contribution in [0.1, 0.15) is 19.7 Å². The van der Waals surface area contributed by atoms with Gasteiger partial charge < -0.3 is 14.1 Å². The molecule has 164 valence electrons. The molecule has 0 saturated carbocycles. The second-order valence-electron chi connectivity index (χ2n) is 6.41. The van der Waals surface area contributed by atoms with E-state index in [0.717, 1.165) is 47.4 Å². The van der Waals surface area contributed by atoms with E-state index in [-0.39, 0.29) is 0 Å². The number of ether oxygens (including phenoxy) is 1. The van der Waals surface area contributed by atoms with Crippen LogP contribution in [0.5, 0.6) is 5.75 Å². The average molecular weight is 452 g/mol. The van der Waals surface area contributed by atoms with Gasteiger partial charge in [0, 0.05) is 12.6 Å². The van der Waals surface area contributed by atoms with Crippen molar-refractivity contribution in [1.82, 2.24) is 0 Å². The molecule has 4 rings (SSSR count). The van der Waals surface area contributed by atoms with Gasteiger partial charge in [0.1, 0.15) is 12.6 Å². The van der Waals surface area contributed by atoms with Gasteiger partial charge in [0.05, 0.1) is 5.69 Å². The first-order chi connectivity index (χ1) is 13.8. The number of oxazole rings is 1. The first-order valence-electron chi connectivity index (χ1n) is 9.00. The van der Waals surface area contributed by atoms with Crippen molar-refractivity contribution in [2.24, 2.45) is 0 Å². The zero-order valence-corrected chi connectivity index (χ0v) is 16.9. The molecule has 30 heavy (non-hydrogen) atoms. The van der Waals surface area contributed by atoms with Crippen LogP contribution in [0.25, 0.3) is 17.2 Å². The Hall–Kier alpha value is -2.74. The molecule has 0 aliphatic carbocycles. The third-order valence-electron chi connectivity index (χ3n) is 4.15. The molecule has 0 bridgehead atoms. The van der Waals surface area contributed by atoms with Crippen molar-refractivity contribution in [2.75, 3.05) is 11.4 Å². The van der Waals surface area contributed by atoms with E-state index in [9.17, 15) is 25.2 Å². The van der Waals surface area contributed by atoms with E-state index in [1.165, 1.54) is 0 Å². The van der Waals surface area contributed by atoms with Gasteiger partial charge in [-0.15, -0.1) is 0 Å². The summed E-state index contributed by atoms with van der Waals surface area (Å²) in [7, 11) is -10.7. The van der Waals surface area contributed by atoms with Crippen molar-refractivity contribution in [2.45, 2.75) is 20.4 Å². The number of hydrogen-bond acceptors (Lipinski definition) is 3. The zero-order valence-electron chi connectivity index (χ0n) is 16.0. The minimum absolute atomic E-state index is 0.801. The van der Waals surface area contributed by atoms with E-state index in [4.69, 9.17) is 9.15 Å². The Bertz CT molecular complexity index is 1100. The van der Waals surface area contributed by atoms with Crippen LogP contribution >= 0.6 is 7.81 Å². The van der Waals surface area contributed by atoms with Gasteiger partial charge in [0.15, 0.2) is 5.75 Å². The number of benzene rings is 2. The molecule has 3 aromatic rings. The summed E-state index contributed by atoms with van der Waals surface area (Å²) in [5, 5.41) is 0. The molecule has 4 nitrogen and oxygen atoms in total. The number of aromatic nitrogens is 1. The molecule has 1 aliphatic heterocycles. The van der Waals surface area contributed by atoms with Gasteiger partial charge >= 0.3 is 38.9 Å². The molecule has 0 unspecified atom stereocenters. The van der Waals surface area contributed by atoms with Gasteiger partial charge in [-0.25, -0.2) is 0 Å². The van der Waals surface area contributed by atoms with Crippen LogP contribution < -0.4 is 14.2 Å². The SMILES string of the molecule is CCN1/C(=C/c2oc3ccccc3[n+]2CC)Oc2ccccc21.F[P-](F)(F)(F)(F)F. The Kier molecular flexibility index (Phi) is 5.05. The average Bonchev–Trinajstić information content (AvgIpc) is 3.15. The number of para-hydroxylation sites is 4. The van der Waals surface area contributed by atoms with Crippen LogP contribution in [0, 0.1) is 0 Å². The summed E-state index contributed by atoms with van der Waals surface area (Å²) < 4.78 is 73.4. The molecule has 0 saturated heterocycles. The predicted molar refractivity (Wildman–Crippen MR) is 104 cm³/mol. The first-order valence-corrected chi connectivity index (χ1v) is 11.0. The maximum absolute atomic E-state index is 10.7. The van der Waals surface area contributed by atoms with E-state index in [1.54, 1.807) is 0 Å². The molecule has 0 radical (unpaired) electrons. The Balaban J connectivity index is 0.000000318. The number of halogens is 6. The second-order valence-corrected chi connectivity index (χ2v) is 8.32.